The number of hydrogen-bond acceptors (Lipinski definition) is 4. The Labute approximate surface area is 148 Å². The molecule has 1 atom stereocenters. The summed E-state index contributed by atoms with van der Waals surface area (Å²) in [6.45, 7) is 3.55. The highest BCUT2D eigenvalue weighted by Crippen LogP contribution is 2.36. The molecule has 6 heteroatoms. The molecule has 132 valence electrons. The van der Waals surface area contributed by atoms with Crippen molar-refractivity contribution in [2.24, 2.45) is 0 Å². The molecule has 2 saturated heterocycles. The van der Waals surface area contributed by atoms with Crippen molar-refractivity contribution in [2.75, 3.05) is 40.4 Å². The highest BCUT2D eigenvalue weighted by atomic mass is 35.5. The number of amides is 1. The standard InChI is InChI=1S/C18H25ClN2O3/c1-20(2)17(22)11-23-16-6-7-24-18(9-16)12-21(13-18)10-14-4-3-5-15(19)8-14/h3-5,8,16H,6-7,9-13H2,1-2H3/t16-/m0/s1. The van der Waals surface area contributed by atoms with Gasteiger partial charge < -0.3 is 14.4 Å². The van der Waals surface area contributed by atoms with Crippen LogP contribution in [0.3, 0.4) is 0 Å². The van der Waals surface area contributed by atoms with E-state index in [2.05, 4.69) is 11.0 Å². The predicted octanol–water partition coefficient (Wildman–Crippen LogP) is 2.18. The van der Waals surface area contributed by atoms with Crippen molar-refractivity contribution in [3.05, 3.63) is 34.9 Å². The van der Waals surface area contributed by atoms with Crippen molar-refractivity contribution >= 4 is 17.5 Å². The zero-order valence-electron chi connectivity index (χ0n) is 14.3. The Balaban J connectivity index is 1.47. The molecular weight excluding hydrogens is 328 g/mol. The number of ether oxygens (including phenoxy) is 2. The highest BCUT2D eigenvalue weighted by molar-refractivity contribution is 6.30. The molecule has 2 heterocycles. The maximum absolute atomic E-state index is 11.7. The average Bonchev–Trinajstić information content (AvgIpc) is 2.51. The summed E-state index contributed by atoms with van der Waals surface area (Å²) in [6, 6.07) is 7.98. The van der Waals surface area contributed by atoms with Gasteiger partial charge in [-0.2, -0.15) is 0 Å². The van der Waals surface area contributed by atoms with Gasteiger partial charge in [-0.05, 0) is 24.1 Å². The topological polar surface area (TPSA) is 42.0 Å². The summed E-state index contributed by atoms with van der Waals surface area (Å²) in [5, 5.41) is 0.774. The van der Waals surface area contributed by atoms with Crippen LogP contribution in [-0.4, -0.2) is 67.8 Å². The summed E-state index contributed by atoms with van der Waals surface area (Å²) >= 11 is 6.04. The number of benzene rings is 1. The number of carbonyl (C=O) groups is 1. The third kappa shape index (κ3) is 4.28. The van der Waals surface area contributed by atoms with Crippen LogP contribution < -0.4 is 0 Å². The van der Waals surface area contributed by atoms with Crippen molar-refractivity contribution in [2.45, 2.75) is 31.1 Å². The van der Waals surface area contributed by atoms with E-state index >= 15 is 0 Å². The monoisotopic (exact) mass is 352 g/mol. The molecule has 0 aromatic heterocycles. The van der Waals surface area contributed by atoms with E-state index in [4.69, 9.17) is 21.1 Å². The van der Waals surface area contributed by atoms with E-state index in [-0.39, 0.29) is 24.2 Å². The molecule has 2 fully saturated rings. The molecule has 0 radical (unpaired) electrons. The van der Waals surface area contributed by atoms with Gasteiger partial charge in [0.2, 0.25) is 5.91 Å². The first-order valence-corrected chi connectivity index (χ1v) is 8.76. The molecule has 1 aromatic carbocycles. The molecular formula is C18H25ClN2O3. The Bertz CT molecular complexity index is 587. The fourth-order valence-electron chi connectivity index (χ4n) is 3.44. The van der Waals surface area contributed by atoms with Crippen molar-refractivity contribution < 1.29 is 14.3 Å². The number of nitrogens with zero attached hydrogens (tertiary/aromatic N) is 2. The number of halogens is 1. The first-order valence-electron chi connectivity index (χ1n) is 8.38. The number of carbonyl (C=O) groups excluding carboxylic acids is 1. The molecule has 1 aromatic rings. The SMILES string of the molecule is CN(C)C(=O)CO[C@H]1CCOC2(C1)CN(Cc1cccc(Cl)c1)C2. The van der Waals surface area contributed by atoms with E-state index in [0.717, 1.165) is 37.5 Å². The molecule has 0 bridgehead atoms. The van der Waals surface area contributed by atoms with Gasteiger partial charge in [0.05, 0.1) is 11.7 Å². The minimum absolute atomic E-state index is 0.00624. The third-order valence-electron chi connectivity index (χ3n) is 4.71. The van der Waals surface area contributed by atoms with E-state index in [1.54, 1.807) is 19.0 Å². The second kappa shape index (κ2) is 7.40. The fourth-order valence-corrected chi connectivity index (χ4v) is 3.65. The molecule has 3 rings (SSSR count). The van der Waals surface area contributed by atoms with E-state index in [1.165, 1.54) is 5.56 Å². The quantitative estimate of drug-likeness (QED) is 0.814. The van der Waals surface area contributed by atoms with Crippen LogP contribution in [0.1, 0.15) is 18.4 Å². The summed E-state index contributed by atoms with van der Waals surface area (Å²) in [5.41, 5.74) is 1.11. The van der Waals surface area contributed by atoms with Crippen LogP contribution in [0.15, 0.2) is 24.3 Å². The number of likely N-dealkylation sites (tertiary alicyclic amines) is 1. The third-order valence-corrected chi connectivity index (χ3v) is 4.94. The van der Waals surface area contributed by atoms with Crippen molar-refractivity contribution in [3.63, 3.8) is 0 Å². The highest BCUT2D eigenvalue weighted by Gasteiger charge is 2.47. The van der Waals surface area contributed by atoms with Gasteiger partial charge in [-0.15, -0.1) is 0 Å². The van der Waals surface area contributed by atoms with Gasteiger partial charge >= 0.3 is 0 Å². The van der Waals surface area contributed by atoms with Gasteiger partial charge in [0.1, 0.15) is 6.61 Å². The first-order chi connectivity index (χ1) is 11.5. The smallest absolute Gasteiger partial charge is 0.248 e. The van der Waals surface area contributed by atoms with Crippen LogP contribution in [0.25, 0.3) is 0 Å². The predicted molar refractivity (Wildman–Crippen MR) is 93.1 cm³/mol. The maximum Gasteiger partial charge on any atom is 0.248 e. The summed E-state index contributed by atoms with van der Waals surface area (Å²) < 4.78 is 11.8. The van der Waals surface area contributed by atoms with E-state index in [0.29, 0.717) is 6.61 Å². The van der Waals surface area contributed by atoms with Crippen LogP contribution in [0, 0.1) is 0 Å². The number of rotatable bonds is 5. The Kier molecular flexibility index (Phi) is 5.45. The lowest BCUT2D eigenvalue weighted by molar-refractivity contribution is -0.200. The average molecular weight is 353 g/mol. The molecule has 0 saturated carbocycles. The molecule has 2 aliphatic rings. The maximum atomic E-state index is 11.7. The van der Waals surface area contributed by atoms with Gasteiger partial charge in [0, 0.05) is 51.8 Å². The summed E-state index contributed by atoms with van der Waals surface area (Å²) in [5.74, 6) is 0.00624. The second-order valence-electron chi connectivity index (χ2n) is 7.02. The lowest BCUT2D eigenvalue weighted by atomic mass is 9.84. The molecule has 0 aliphatic carbocycles. The molecule has 0 N–H and O–H groups in total. The van der Waals surface area contributed by atoms with Crippen LogP contribution in [0.4, 0.5) is 0 Å². The zero-order chi connectivity index (χ0) is 17.2. The minimum atomic E-state index is -0.108. The lowest BCUT2D eigenvalue weighted by Gasteiger charge is -2.53. The van der Waals surface area contributed by atoms with Gasteiger partial charge in [0.15, 0.2) is 0 Å². The number of likely N-dealkylation sites (N-methyl/N-ethyl adjacent to an activating group) is 1. The fraction of sp³-hybridized carbons (Fsp3) is 0.611. The first kappa shape index (κ1) is 17.7. The molecule has 1 spiro atoms. The van der Waals surface area contributed by atoms with E-state index in [9.17, 15) is 4.79 Å². The summed E-state index contributed by atoms with van der Waals surface area (Å²) in [6.07, 6.45) is 1.83. The van der Waals surface area contributed by atoms with Gasteiger partial charge in [-0.3, -0.25) is 9.69 Å². The van der Waals surface area contributed by atoms with Gasteiger partial charge in [-0.25, -0.2) is 0 Å². The van der Waals surface area contributed by atoms with Crippen LogP contribution in [0.2, 0.25) is 5.02 Å². The van der Waals surface area contributed by atoms with Crippen molar-refractivity contribution in [1.29, 1.82) is 0 Å². The van der Waals surface area contributed by atoms with E-state index < -0.39 is 0 Å². The van der Waals surface area contributed by atoms with Crippen molar-refractivity contribution in [3.8, 4) is 0 Å². The number of hydrogen-bond donors (Lipinski definition) is 0. The van der Waals surface area contributed by atoms with Crippen LogP contribution in [0.5, 0.6) is 0 Å². The van der Waals surface area contributed by atoms with E-state index in [1.807, 2.05) is 18.2 Å². The Morgan fingerprint density at radius 2 is 2.25 bits per heavy atom. The van der Waals surface area contributed by atoms with Gasteiger partial charge in [-0.1, -0.05) is 23.7 Å². The minimum Gasteiger partial charge on any atom is -0.372 e. The second-order valence-corrected chi connectivity index (χ2v) is 7.46. The molecule has 24 heavy (non-hydrogen) atoms. The Morgan fingerprint density at radius 3 is 2.96 bits per heavy atom. The van der Waals surface area contributed by atoms with Crippen LogP contribution in [-0.2, 0) is 20.8 Å². The summed E-state index contributed by atoms with van der Waals surface area (Å²) in [4.78, 5) is 15.6. The Morgan fingerprint density at radius 1 is 1.46 bits per heavy atom. The normalized spacial score (nSPS) is 23.0. The summed E-state index contributed by atoms with van der Waals surface area (Å²) in [7, 11) is 3.49. The Hall–Kier alpha value is -1.14. The van der Waals surface area contributed by atoms with Crippen molar-refractivity contribution in [1.82, 2.24) is 9.80 Å². The zero-order valence-corrected chi connectivity index (χ0v) is 15.1. The largest absolute Gasteiger partial charge is 0.372 e. The lowest BCUT2D eigenvalue weighted by Crippen LogP contribution is -2.65. The molecule has 1 amide bonds. The van der Waals surface area contributed by atoms with Gasteiger partial charge in [0.25, 0.3) is 0 Å². The van der Waals surface area contributed by atoms with Crippen LogP contribution >= 0.6 is 11.6 Å². The molecule has 0 unspecified atom stereocenters. The molecule has 2 aliphatic heterocycles. The molecule has 5 nitrogen and oxygen atoms in total.